The van der Waals surface area contributed by atoms with E-state index in [1.54, 1.807) is 24.3 Å². The van der Waals surface area contributed by atoms with Crippen LogP contribution in [0.1, 0.15) is 28.8 Å². The first-order valence-corrected chi connectivity index (χ1v) is 8.30. The van der Waals surface area contributed by atoms with Crippen LogP contribution in [0.5, 0.6) is 0 Å². The van der Waals surface area contributed by atoms with E-state index in [2.05, 4.69) is 26.6 Å². The second-order valence-electron chi connectivity index (χ2n) is 5.78. The molecule has 0 saturated heterocycles. The molecule has 2 N–H and O–H groups in total. The van der Waals surface area contributed by atoms with Gasteiger partial charge in [0.1, 0.15) is 0 Å². The fraction of sp³-hybridized carbons (Fsp3) is 0.222. The predicted octanol–water partition coefficient (Wildman–Crippen LogP) is 4.36. The summed E-state index contributed by atoms with van der Waals surface area (Å²) in [4.78, 5) is 24.0. The smallest absolute Gasteiger partial charge is 0.255 e. The van der Waals surface area contributed by atoms with Crippen LogP contribution in [0, 0.1) is 12.8 Å². The van der Waals surface area contributed by atoms with E-state index in [-0.39, 0.29) is 17.7 Å². The van der Waals surface area contributed by atoms with Crippen molar-refractivity contribution in [3.05, 3.63) is 58.1 Å². The van der Waals surface area contributed by atoms with Crippen LogP contribution < -0.4 is 10.6 Å². The largest absolute Gasteiger partial charge is 0.326 e. The molecule has 1 aliphatic rings. The average molecular weight is 373 g/mol. The van der Waals surface area contributed by atoms with Crippen molar-refractivity contribution in [2.75, 3.05) is 10.6 Å². The molecule has 1 aliphatic carbocycles. The lowest BCUT2D eigenvalue weighted by molar-refractivity contribution is -0.117. The fourth-order valence-corrected chi connectivity index (χ4v) is 2.80. The second kappa shape index (κ2) is 6.54. The highest BCUT2D eigenvalue weighted by Gasteiger charge is 2.29. The molecule has 1 fully saturated rings. The lowest BCUT2D eigenvalue weighted by atomic mass is 10.1. The van der Waals surface area contributed by atoms with E-state index >= 15 is 0 Å². The summed E-state index contributed by atoms with van der Waals surface area (Å²) in [6.45, 7) is 1.99. The Morgan fingerprint density at radius 3 is 2.35 bits per heavy atom. The molecule has 0 bridgehead atoms. The lowest BCUT2D eigenvalue weighted by Crippen LogP contribution is -2.14. The zero-order chi connectivity index (χ0) is 16.4. The Morgan fingerprint density at radius 2 is 1.74 bits per heavy atom. The molecule has 0 atom stereocenters. The van der Waals surface area contributed by atoms with Gasteiger partial charge in [0.05, 0.1) is 5.69 Å². The molecular weight excluding hydrogens is 356 g/mol. The fourth-order valence-electron chi connectivity index (χ4n) is 2.21. The Hall–Kier alpha value is -2.14. The number of nitrogens with one attached hydrogen (secondary N) is 2. The lowest BCUT2D eigenvalue weighted by Gasteiger charge is -2.09. The van der Waals surface area contributed by atoms with Gasteiger partial charge in [-0.05, 0) is 77.7 Å². The first-order chi connectivity index (χ1) is 11.0. The van der Waals surface area contributed by atoms with Crippen LogP contribution in [0.2, 0.25) is 0 Å². The standard InChI is InChI=1S/C18H17BrN2O2/c1-11-2-9-16(15(19)10-11)21-18(23)13-5-7-14(8-6-13)20-17(22)12-3-4-12/h2,5-10,12H,3-4H2,1H3,(H,20,22)(H,21,23). The summed E-state index contributed by atoms with van der Waals surface area (Å²) in [5.74, 6) is 0.0391. The molecule has 2 aromatic rings. The summed E-state index contributed by atoms with van der Waals surface area (Å²) in [5, 5.41) is 5.73. The molecule has 0 spiro atoms. The van der Waals surface area contributed by atoms with E-state index in [4.69, 9.17) is 0 Å². The number of rotatable bonds is 4. The Balaban J connectivity index is 1.66. The normalized spacial score (nSPS) is 13.5. The molecule has 0 aromatic heterocycles. The van der Waals surface area contributed by atoms with Crippen LogP contribution >= 0.6 is 15.9 Å². The third-order valence-corrected chi connectivity index (χ3v) is 4.39. The third kappa shape index (κ3) is 3.99. The maximum atomic E-state index is 12.3. The van der Waals surface area contributed by atoms with Crippen molar-refractivity contribution in [3.8, 4) is 0 Å². The van der Waals surface area contributed by atoms with Gasteiger partial charge in [0, 0.05) is 21.6 Å². The van der Waals surface area contributed by atoms with Gasteiger partial charge in [0.15, 0.2) is 0 Å². The number of aryl methyl sites for hydroxylation is 1. The van der Waals surface area contributed by atoms with Crippen molar-refractivity contribution in [3.63, 3.8) is 0 Å². The number of halogens is 1. The van der Waals surface area contributed by atoms with Crippen molar-refractivity contribution in [1.29, 1.82) is 0 Å². The monoisotopic (exact) mass is 372 g/mol. The summed E-state index contributed by atoms with van der Waals surface area (Å²) in [6.07, 6.45) is 1.94. The van der Waals surface area contributed by atoms with Crippen LogP contribution in [0.15, 0.2) is 46.9 Å². The highest BCUT2D eigenvalue weighted by molar-refractivity contribution is 9.10. The molecule has 3 rings (SSSR count). The predicted molar refractivity (Wildman–Crippen MR) is 94.6 cm³/mol. The van der Waals surface area contributed by atoms with E-state index in [1.807, 2.05) is 25.1 Å². The summed E-state index contributed by atoms with van der Waals surface area (Å²) in [5.41, 5.74) is 3.11. The zero-order valence-corrected chi connectivity index (χ0v) is 14.3. The van der Waals surface area contributed by atoms with Crippen LogP contribution in [0.25, 0.3) is 0 Å². The summed E-state index contributed by atoms with van der Waals surface area (Å²) in [7, 11) is 0. The number of amides is 2. The molecule has 118 valence electrons. The summed E-state index contributed by atoms with van der Waals surface area (Å²) < 4.78 is 0.846. The van der Waals surface area contributed by atoms with Crippen molar-refractivity contribution in [2.24, 2.45) is 5.92 Å². The maximum Gasteiger partial charge on any atom is 0.255 e. The van der Waals surface area contributed by atoms with Crippen LogP contribution in [0.4, 0.5) is 11.4 Å². The van der Waals surface area contributed by atoms with Gasteiger partial charge in [0.25, 0.3) is 5.91 Å². The molecule has 23 heavy (non-hydrogen) atoms. The van der Waals surface area contributed by atoms with Crippen LogP contribution in [0.3, 0.4) is 0 Å². The Kier molecular flexibility index (Phi) is 4.48. The maximum absolute atomic E-state index is 12.3. The summed E-state index contributed by atoms with van der Waals surface area (Å²) >= 11 is 3.44. The van der Waals surface area contributed by atoms with E-state index in [0.717, 1.165) is 34.3 Å². The minimum Gasteiger partial charge on any atom is -0.326 e. The van der Waals surface area contributed by atoms with E-state index in [0.29, 0.717) is 5.56 Å². The average Bonchev–Trinajstić information content (AvgIpc) is 3.35. The van der Waals surface area contributed by atoms with Gasteiger partial charge in [0.2, 0.25) is 5.91 Å². The quantitative estimate of drug-likeness (QED) is 0.837. The Morgan fingerprint density at radius 1 is 1.04 bits per heavy atom. The van der Waals surface area contributed by atoms with Gasteiger partial charge in [-0.3, -0.25) is 9.59 Å². The molecular formula is C18H17BrN2O2. The molecule has 1 saturated carbocycles. The van der Waals surface area contributed by atoms with Gasteiger partial charge in [-0.2, -0.15) is 0 Å². The van der Waals surface area contributed by atoms with Gasteiger partial charge in [-0.25, -0.2) is 0 Å². The molecule has 0 unspecified atom stereocenters. The molecule has 0 aliphatic heterocycles. The number of anilines is 2. The van der Waals surface area contributed by atoms with E-state index < -0.39 is 0 Å². The van der Waals surface area contributed by atoms with E-state index in [9.17, 15) is 9.59 Å². The number of hydrogen-bond acceptors (Lipinski definition) is 2. The van der Waals surface area contributed by atoms with Crippen molar-refractivity contribution < 1.29 is 9.59 Å². The molecule has 0 radical (unpaired) electrons. The Labute approximate surface area is 143 Å². The van der Waals surface area contributed by atoms with Crippen molar-refractivity contribution >= 4 is 39.1 Å². The second-order valence-corrected chi connectivity index (χ2v) is 6.63. The number of carbonyl (C=O) groups excluding carboxylic acids is 2. The number of carbonyl (C=O) groups is 2. The van der Waals surface area contributed by atoms with Gasteiger partial charge in [-0.15, -0.1) is 0 Å². The van der Waals surface area contributed by atoms with Gasteiger partial charge < -0.3 is 10.6 Å². The number of benzene rings is 2. The molecule has 4 nitrogen and oxygen atoms in total. The van der Waals surface area contributed by atoms with Gasteiger partial charge >= 0.3 is 0 Å². The minimum absolute atomic E-state index is 0.0609. The first kappa shape index (κ1) is 15.7. The molecule has 0 heterocycles. The highest BCUT2D eigenvalue weighted by atomic mass is 79.9. The van der Waals surface area contributed by atoms with E-state index in [1.165, 1.54) is 0 Å². The van der Waals surface area contributed by atoms with Crippen LogP contribution in [-0.4, -0.2) is 11.8 Å². The van der Waals surface area contributed by atoms with Crippen molar-refractivity contribution in [1.82, 2.24) is 0 Å². The first-order valence-electron chi connectivity index (χ1n) is 7.51. The summed E-state index contributed by atoms with van der Waals surface area (Å²) in [6, 6.07) is 12.7. The number of hydrogen-bond donors (Lipinski definition) is 2. The molecule has 2 amide bonds. The molecule has 5 heteroatoms. The minimum atomic E-state index is -0.186. The topological polar surface area (TPSA) is 58.2 Å². The SMILES string of the molecule is Cc1ccc(NC(=O)c2ccc(NC(=O)C3CC3)cc2)c(Br)c1. The zero-order valence-electron chi connectivity index (χ0n) is 12.7. The highest BCUT2D eigenvalue weighted by Crippen LogP contribution is 2.30. The Bertz CT molecular complexity index is 752. The molecule has 2 aromatic carbocycles. The third-order valence-electron chi connectivity index (χ3n) is 3.74. The van der Waals surface area contributed by atoms with Crippen LogP contribution in [-0.2, 0) is 4.79 Å². The van der Waals surface area contributed by atoms with Gasteiger partial charge in [-0.1, -0.05) is 6.07 Å². The van der Waals surface area contributed by atoms with Crippen molar-refractivity contribution in [2.45, 2.75) is 19.8 Å².